The largest absolute Gasteiger partial charge is 0.300 e. The van der Waals surface area contributed by atoms with Crippen molar-refractivity contribution >= 4 is 5.78 Å². The molecule has 0 aromatic heterocycles. The Morgan fingerprint density at radius 2 is 1.38 bits per heavy atom. The van der Waals surface area contributed by atoms with Gasteiger partial charge in [0.05, 0.1) is 0 Å². The summed E-state index contributed by atoms with van der Waals surface area (Å²) >= 11 is 0. The van der Waals surface area contributed by atoms with Crippen LogP contribution in [0.2, 0.25) is 0 Å². The monoisotopic (exact) mass is 183 g/mol. The van der Waals surface area contributed by atoms with E-state index >= 15 is 0 Å². The van der Waals surface area contributed by atoms with Gasteiger partial charge in [-0.1, -0.05) is 51.9 Å². The van der Waals surface area contributed by atoms with Gasteiger partial charge in [0.25, 0.3) is 0 Å². The molecule has 0 aliphatic rings. The minimum Gasteiger partial charge on any atom is -0.300 e. The maximum absolute atomic E-state index is 10.5. The minimum atomic E-state index is 0.0889. The molecule has 13 heavy (non-hydrogen) atoms. The zero-order chi connectivity index (χ0) is 9.94. The second-order valence-electron chi connectivity index (χ2n) is 3.76. The van der Waals surface area contributed by atoms with Crippen molar-refractivity contribution in [3.05, 3.63) is 6.92 Å². The predicted molar refractivity (Wildman–Crippen MR) is 57.6 cm³/mol. The zero-order valence-corrected chi connectivity index (χ0v) is 8.98. The van der Waals surface area contributed by atoms with E-state index in [-0.39, 0.29) is 5.78 Å². The number of ketones is 1. The molecule has 1 heteroatoms. The lowest BCUT2D eigenvalue weighted by Crippen LogP contribution is -1.89. The summed E-state index contributed by atoms with van der Waals surface area (Å²) in [6.07, 6.45) is 11.0. The molecule has 0 fully saturated rings. The first kappa shape index (κ1) is 12.7. The summed E-state index contributed by atoms with van der Waals surface area (Å²) in [4.78, 5) is 10.5. The van der Waals surface area contributed by atoms with Crippen LogP contribution in [0.3, 0.4) is 0 Å². The van der Waals surface area contributed by atoms with Gasteiger partial charge in [0.15, 0.2) is 0 Å². The normalized spacial score (nSPS) is 10.3. The molecule has 0 spiro atoms. The SMILES string of the molecule is [CH2]C(=O)CCCCCCCCCC. The molecule has 0 aromatic rings. The Kier molecular flexibility index (Phi) is 9.51. The number of unbranched alkanes of at least 4 members (excludes halogenated alkanes) is 7. The van der Waals surface area contributed by atoms with E-state index in [1.54, 1.807) is 0 Å². The minimum absolute atomic E-state index is 0.0889. The molecule has 0 aliphatic carbocycles. The lowest BCUT2D eigenvalue weighted by Gasteiger charge is -1.99. The third-order valence-corrected chi connectivity index (χ3v) is 2.31. The average Bonchev–Trinajstić information content (AvgIpc) is 2.09. The van der Waals surface area contributed by atoms with Crippen molar-refractivity contribution in [2.24, 2.45) is 0 Å². The molecule has 0 aromatic carbocycles. The Hall–Kier alpha value is -0.330. The average molecular weight is 183 g/mol. The predicted octanol–water partition coefficient (Wildman–Crippen LogP) is 3.92. The van der Waals surface area contributed by atoms with Crippen LogP contribution < -0.4 is 0 Å². The van der Waals surface area contributed by atoms with Crippen molar-refractivity contribution in [3.8, 4) is 0 Å². The van der Waals surface area contributed by atoms with Crippen LogP contribution in [-0.2, 0) is 4.79 Å². The summed E-state index contributed by atoms with van der Waals surface area (Å²) < 4.78 is 0. The van der Waals surface area contributed by atoms with Crippen molar-refractivity contribution < 1.29 is 4.79 Å². The van der Waals surface area contributed by atoms with Crippen LogP contribution in [0.5, 0.6) is 0 Å². The quantitative estimate of drug-likeness (QED) is 0.495. The fraction of sp³-hybridized carbons (Fsp3) is 0.833. The van der Waals surface area contributed by atoms with Crippen LogP contribution in [0.25, 0.3) is 0 Å². The van der Waals surface area contributed by atoms with Gasteiger partial charge in [-0.25, -0.2) is 0 Å². The molecule has 0 bridgehead atoms. The third kappa shape index (κ3) is 11.7. The van der Waals surface area contributed by atoms with E-state index in [0.717, 1.165) is 6.42 Å². The number of hydrogen-bond donors (Lipinski definition) is 0. The van der Waals surface area contributed by atoms with E-state index in [2.05, 4.69) is 13.8 Å². The molecule has 1 nitrogen and oxygen atoms in total. The standard InChI is InChI=1S/C12H23O/c1-3-4-5-6-7-8-9-10-11-12(2)13/h2-11H2,1H3. The highest BCUT2D eigenvalue weighted by Gasteiger charge is 1.94. The maximum Gasteiger partial charge on any atom is 0.133 e. The molecular weight excluding hydrogens is 160 g/mol. The van der Waals surface area contributed by atoms with Gasteiger partial charge in [-0.15, -0.1) is 0 Å². The molecule has 0 saturated carbocycles. The van der Waals surface area contributed by atoms with Gasteiger partial charge in [0.2, 0.25) is 0 Å². The molecule has 0 aliphatic heterocycles. The van der Waals surface area contributed by atoms with Crippen LogP contribution >= 0.6 is 0 Å². The number of Topliss-reactive ketones (excluding diaryl/α,β-unsaturated/α-hetero) is 1. The van der Waals surface area contributed by atoms with Crippen LogP contribution in [0, 0.1) is 6.92 Å². The van der Waals surface area contributed by atoms with Gasteiger partial charge in [-0.2, -0.15) is 0 Å². The highest BCUT2D eigenvalue weighted by molar-refractivity contribution is 5.82. The molecule has 0 heterocycles. The molecule has 77 valence electrons. The van der Waals surface area contributed by atoms with E-state index in [0.29, 0.717) is 6.42 Å². The lowest BCUT2D eigenvalue weighted by atomic mass is 10.1. The summed E-state index contributed by atoms with van der Waals surface area (Å²) in [5, 5.41) is 0. The van der Waals surface area contributed by atoms with E-state index in [9.17, 15) is 4.79 Å². The van der Waals surface area contributed by atoms with E-state index in [1.165, 1.54) is 44.9 Å². The van der Waals surface area contributed by atoms with E-state index < -0.39 is 0 Å². The smallest absolute Gasteiger partial charge is 0.133 e. The number of carbonyl (C=O) groups excluding carboxylic acids is 1. The summed E-state index contributed by atoms with van der Waals surface area (Å²) in [5.74, 6) is 0.0889. The summed E-state index contributed by atoms with van der Waals surface area (Å²) in [7, 11) is 0. The molecule has 0 unspecified atom stereocenters. The lowest BCUT2D eigenvalue weighted by molar-refractivity contribution is -0.114. The first-order chi connectivity index (χ1) is 6.27. The molecule has 0 amide bonds. The van der Waals surface area contributed by atoms with E-state index in [1.807, 2.05) is 0 Å². The first-order valence-corrected chi connectivity index (χ1v) is 5.62. The highest BCUT2D eigenvalue weighted by atomic mass is 16.1. The molecule has 0 rings (SSSR count). The zero-order valence-electron chi connectivity index (χ0n) is 8.98. The topological polar surface area (TPSA) is 17.1 Å². The summed E-state index contributed by atoms with van der Waals surface area (Å²) in [6, 6.07) is 0. The maximum atomic E-state index is 10.5. The van der Waals surface area contributed by atoms with Gasteiger partial charge in [-0.05, 0) is 6.42 Å². The Bertz CT molecular complexity index is 118. The second-order valence-corrected chi connectivity index (χ2v) is 3.76. The molecule has 0 atom stereocenters. The number of rotatable bonds is 9. The Labute approximate surface area is 82.9 Å². The number of carbonyl (C=O) groups is 1. The molecule has 0 N–H and O–H groups in total. The van der Waals surface area contributed by atoms with Crippen molar-refractivity contribution in [1.29, 1.82) is 0 Å². The molecular formula is C12H23O. The summed E-state index contributed by atoms with van der Waals surface area (Å²) in [5.41, 5.74) is 0. The van der Waals surface area contributed by atoms with Gasteiger partial charge in [-0.3, -0.25) is 4.79 Å². The first-order valence-electron chi connectivity index (χ1n) is 5.62. The molecule has 0 saturated heterocycles. The van der Waals surface area contributed by atoms with Gasteiger partial charge < -0.3 is 0 Å². The van der Waals surface area contributed by atoms with Gasteiger partial charge >= 0.3 is 0 Å². The van der Waals surface area contributed by atoms with E-state index in [4.69, 9.17) is 0 Å². The summed E-state index contributed by atoms with van der Waals surface area (Å²) in [6.45, 7) is 5.59. The van der Waals surface area contributed by atoms with Crippen LogP contribution in [0.1, 0.15) is 64.7 Å². The van der Waals surface area contributed by atoms with Gasteiger partial charge in [0, 0.05) is 13.3 Å². The van der Waals surface area contributed by atoms with Crippen molar-refractivity contribution in [3.63, 3.8) is 0 Å². The Balaban J connectivity index is 2.87. The van der Waals surface area contributed by atoms with Crippen LogP contribution in [-0.4, -0.2) is 5.78 Å². The number of hydrogen-bond acceptors (Lipinski definition) is 1. The van der Waals surface area contributed by atoms with Crippen molar-refractivity contribution in [1.82, 2.24) is 0 Å². The molecule has 1 radical (unpaired) electrons. The fourth-order valence-electron chi connectivity index (χ4n) is 1.46. The highest BCUT2D eigenvalue weighted by Crippen LogP contribution is 2.09. The van der Waals surface area contributed by atoms with Crippen LogP contribution in [0.15, 0.2) is 0 Å². The van der Waals surface area contributed by atoms with Crippen molar-refractivity contribution in [2.75, 3.05) is 0 Å². The van der Waals surface area contributed by atoms with Crippen LogP contribution in [0.4, 0.5) is 0 Å². The Morgan fingerprint density at radius 1 is 0.923 bits per heavy atom. The second kappa shape index (κ2) is 9.76. The third-order valence-electron chi connectivity index (χ3n) is 2.31. The fourth-order valence-corrected chi connectivity index (χ4v) is 1.46. The van der Waals surface area contributed by atoms with Crippen molar-refractivity contribution in [2.45, 2.75) is 64.7 Å². The van der Waals surface area contributed by atoms with Gasteiger partial charge in [0.1, 0.15) is 5.78 Å². The Morgan fingerprint density at radius 3 is 1.85 bits per heavy atom.